The Balaban J connectivity index is 2.01. The van der Waals surface area contributed by atoms with Gasteiger partial charge in [0.1, 0.15) is 23.6 Å². The van der Waals surface area contributed by atoms with Crippen molar-refractivity contribution in [2.45, 2.75) is 32.0 Å². The van der Waals surface area contributed by atoms with Crippen LogP contribution in [0.3, 0.4) is 0 Å². The molecule has 0 spiro atoms. The highest BCUT2D eigenvalue weighted by atomic mass is 19.4. The van der Waals surface area contributed by atoms with Crippen LogP contribution in [0.4, 0.5) is 13.2 Å². The molecule has 1 saturated carbocycles. The van der Waals surface area contributed by atoms with Crippen LogP contribution in [0.2, 0.25) is 0 Å². The van der Waals surface area contributed by atoms with Gasteiger partial charge in [-0.15, -0.1) is 0 Å². The van der Waals surface area contributed by atoms with Crippen molar-refractivity contribution in [3.05, 3.63) is 23.8 Å². The van der Waals surface area contributed by atoms with Crippen LogP contribution in [-0.4, -0.2) is 52.4 Å². The van der Waals surface area contributed by atoms with Crippen LogP contribution in [0.25, 0.3) is 0 Å². The van der Waals surface area contributed by atoms with E-state index < -0.39 is 43.0 Å². The number of carbonyl (C=O) groups is 2. The fourth-order valence-corrected chi connectivity index (χ4v) is 2.47. The molecule has 1 amide bonds. The summed E-state index contributed by atoms with van der Waals surface area (Å²) in [5, 5.41) is 18.7. The number of ether oxygens (including phenoxy) is 1. The predicted molar refractivity (Wildman–Crippen MR) is 80.0 cm³/mol. The van der Waals surface area contributed by atoms with Gasteiger partial charge in [0, 0.05) is 12.1 Å². The lowest BCUT2D eigenvalue weighted by Gasteiger charge is -2.30. The lowest BCUT2D eigenvalue weighted by Crippen LogP contribution is -2.47. The molecule has 1 atom stereocenters. The third kappa shape index (κ3) is 5.27. The molecule has 25 heavy (non-hydrogen) atoms. The molecule has 2 rings (SSSR count). The highest BCUT2D eigenvalue weighted by Gasteiger charge is 2.40. The van der Waals surface area contributed by atoms with E-state index in [-0.39, 0.29) is 17.2 Å². The lowest BCUT2D eigenvalue weighted by atomic mass is 10.1. The predicted octanol–water partition coefficient (Wildman–Crippen LogP) is 2.44. The van der Waals surface area contributed by atoms with Gasteiger partial charge in [-0.1, -0.05) is 0 Å². The Kier molecular flexibility index (Phi) is 5.44. The average Bonchev–Trinajstić information content (AvgIpc) is 3.33. The number of halogens is 3. The molecule has 2 N–H and O–H groups in total. The highest BCUT2D eigenvalue weighted by Crippen LogP contribution is 2.36. The number of rotatable bonds is 6. The number of nitrogens with zero attached hydrogens (tertiary/aromatic N) is 1. The highest BCUT2D eigenvalue weighted by molar-refractivity contribution is 5.94. The van der Waals surface area contributed by atoms with Crippen LogP contribution in [0.1, 0.15) is 30.1 Å². The summed E-state index contributed by atoms with van der Waals surface area (Å²) in [6.45, 7) is -0.743. The first kappa shape index (κ1) is 18.9. The maximum absolute atomic E-state index is 12.7. The van der Waals surface area contributed by atoms with Gasteiger partial charge in [0.05, 0.1) is 0 Å². The molecule has 0 aromatic heterocycles. The number of hydrogen-bond acceptors (Lipinski definition) is 5. The molecule has 1 fully saturated rings. The second-order valence-corrected chi connectivity index (χ2v) is 5.99. The van der Waals surface area contributed by atoms with E-state index in [1.165, 1.54) is 6.92 Å². The van der Waals surface area contributed by atoms with Gasteiger partial charge < -0.3 is 19.8 Å². The summed E-state index contributed by atoms with van der Waals surface area (Å²) in [6.07, 6.45) is -3.05. The quantitative estimate of drug-likeness (QED) is 0.760. The smallest absolute Gasteiger partial charge is 0.406 e. The molecular formula is C16H18F3NO5. The Labute approximate surface area is 141 Å². The summed E-state index contributed by atoms with van der Waals surface area (Å²) >= 11 is 0. The summed E-state index contributed by atoms with van der Waals surface area (Å²) in [7, 11) is 0. The van der Waals surface area contributed by atoms with Crippen LogP contribution in [-0.2, 0) is 9.53 Å². The molecule has 6 nitrogen and oxygen atoms in total. The maximum atomic E-state index is 12.7. The van der Waals surface area contributed by atoms with Crippen LogP contribution in [0.5, 0.6) is 11.5 Å². The standard InChI is InChI=1S/C16H18F3NO5/c1-9(10-2-3-10)20(8-16(17,18)19)14(23)7-25-15(24)12-5-4-11(21)6-13(12)22/h4-6,9-10,21-22H,2-3,7-8H2,1H3/t9-/m0/s1. The Morgan fingerprint density at radius 1 is 1.32 bits per heavy atom. The first-order valence-corrected chi connectivity index (χ1v) is 7.64. The van der Waals surface area contributed by atoms with Crippen molar-refractivity contribution in [3.8, 4) is 11.5 Å². The van der Waals surface area contributed by atoms with E-state index >= 15 is 0 Å². The number of phenols is 2. The van der Waals surface area contributed by atoms with Crippen LogP contribution in [0, 0.1) is 5.92 Å². The zero-order valence-electron chi connectivity index (χ0n) is 13.4. The summed E-state index contributed by atoms with van der Waals surface area (Å²) in [4.78, 5) is 24.6. The third-order valence-electron chi connectivity index (χ3n) is 3.99. The molecule has 1 aromatic rings. The molecule has 1 aliphatic carbocycles. The van der Waals surface area contributed by atoms with E-state index in [2.05, 4.69) is 0 Å². The fourth-order valence-electron chi connectivity index (χ4n) is 2.47. The largest absolute Gasteiger partial charge is 0.508 e. The summed E-state index contributed by atoms with van der Waals surface area (Å²) in [5.74, 6) is -2.85. The van der Waals surface area contributed by atoms with Gasteiger partial charge in [-0.2, -0.15) is 13.2 Å². The Hall–Kier alpha value is -2.45. The molecule has 0 heterocycles. The van der Waals surface area contributed by atoms with Crippen molar-refractivity contribution in [2.75, 3.05) is 13.2 Å². The van der Waals surface area contributed by atoms with E-state index in [4.69, 9.17) is 9.84 Å². The Morgan fingerprint density at radius 2 is 1.96 bits per heavy atom. The van der Waals surface area contributed by atoms with Gasteiger partial charge in [0.2, 0.25) is 0 Å². The molecule has 9 heteroatoms. The second kappa shape index (κ2) is 7.20. The number of alkyl halides is 3. The zero-order chi connectivity index (χ0) is 18.8. The molecule has 138 valence electrons. The number of benzene rings is 1. The molecular weight excluding hydrogens is 343 g/mol. The fraction of sp³-hybridized carbons (Fsp3) is 0.500. The number of esters is 1. The Morgan fingerprint density at radius 3 is 2.48 bits per heavy atom. The number of phenolic OH excluding ortho intramolecular Hbond substituents is 2. The van der Waals surface area contributed by atoms with Crippen molar-refractivity contribution < 1.29 is 37.7 Å². The van der Waals surface area contributed by atoms with Crippen LogP contribution >= 0.6 is 0 Å². The van der Waals surface area contributed by atoms with Crippen LogP contribution in [0.15, 0.2) is 18.2 Å². The second-order valence-electron chi connectivity index (χ2n) is 5.99. The van der Waals surface area contributed by atoms with Gasteiger partial charge in [0.15, 0.2) is 6.61 Å². The van der Waals surface area contributed by atoms with E-state index in [9.17, 15) is 27.9 Å². The molecule has 1 aliphatic rings. The van der Waals surface area contributed by atoms with E-state index in [1.807, 2.05) is 0 Å². The van der Waals surface area contributed by atoms with Gasteiger partial charge in [-0.05, 0) is 37.8 Å². The molecule has 0 unspecified atom stereocenters. The number of hydrogen-bond donors (Lipinski definition) is 2. The number of aromatic hydroxyl groups is 2. The van der Waals surface area contributed by atoms with Crippen LogP contribution < -0.4 is 0 Å². The molecule has 0 saturated heterocycles. The Bertz CT molecular complexity index is 658. The minimum Gasteiger partial charge on any atom is -0.508 e. The van der Waals surface area contributed by atoms with Crippen molar-refractivity contribution in [3.63, 3.8) is 0 Å². The maximum Gasteiger partial charge on any atom is 0.406 e. The van der Waals surface area contributed by atoms with Crippen molar-refractivity contribution in [2.24, 2.45) is 5.92 Å². The van der Waals surface area contributed by atoms with Crippen molar-refractivity contribution >= 4 is 11.9 Å². The monoisotopic (exact) mass is 361 g/mol. The van der Waals surface area contributed by atoms with Crippen molar-refractivity contribution in [1.29, 1.82) is 0 Å². The van der Waals surface area contributed by atoms with Gasteiger partial charge in [-0.25, -0.2) is 4.79 Å². The molecule has 1 aromatic carbocycles. The molecule has 0 aliphatic heterocycles. The summed E-state index contributed by atoms with van der Waals surface area (Å²) in [5.41, 5.74) is -0.303. The van der Waals surface area contributed by atoms with E-state index in [0.29, 0.717) is 4.90 Å². The van der Waals surface area contributed by atoms with Gasteiger partial charge in [-0.3, -0.25) is 4.79 Å². The normalized spacial score (nSPS) is 15.5. The average molecular weight is 361 g/mol. The topological polar surface area (TPSA) is 87.1 Å². The molecule has 0 radical (unpaired) electrons. The zero-order valence-corrected chi connectivity index (χ0v) is 13.4. The lowest BCUT2D eigenvalue weighted by molar-refractivity contribution is -0.167. The minimum atomic E-state index is -4.56. The summed E-state index contributed by atoms with van der Waals surface area (Å²) in [6, 6.07) is 2.51. The van der Waals surface area contributed by atoms with Gasteiger partial charge in [0.25, 0.3) is 5.91 Å². The SMILES string of the molecule is C[C@@H](C1CC1)N(CC(F)(F)F)C(=O)COC(=O)c1ccc(O)cc1O. The summed E-state index contributed by atoms with van der Waals surface area (Å²) < 4.78 is 42.8. The number of amides is 1. The third-order valence-corrected chi connectivity index (χ3v) is 3.99. The van der Waals surface area contributed by atoms with E-state index in [0.717, 1.165) is 31.0 Å². The first-order chi connectivity index (χ1) is 11.6. The minimum absolute atomic E-state index is 0.0168. The van der Waals surface area contributed by atoms with E-state index in [1.54, 1.807) is 0 Å². The molecule has 0 bridgehead atoms. The number of carbonyl (C=O) groups excluding carboxylic acids is 2. The van der Waals surface area contributed by atoms with Gasteiger partial charge >= 0.3 is 12.1 Å². The first-order valence-electron chi connectivity index (χ1n) is 7.64. The van der Waals surface area contributed by atoms with Crippen molar-refractivity contribution in [1.82, 2.24) is 4.90 Å².